The number of rotatable bonds is 16. The van der Waals surface area contributed by atoms with E-state index >= 15 is 0 Å². The fourth-order valence-corrected chi connectivity index (χ4v) is 7.62. The van der Waals surface area contributed by atoms with Gasteiger partial charge in [0.05, 0.1) is 19.8 Å². The summed E-state index contributed by atoms with van der Waals surface area (Å²) in [5, 5.41) is 74.4. The van der Waals surface area contributed by atoms with Crippen LogP contribution in [0.4, 0.5) is 0 Å². The van der Waals surface area contributed by atoms with Gasteiger partial charge in [-0.2, -0.15) is 4.31 Å². The second-order valence-corrected chi connectivity index (χ2v) is 14.8. The Bertz CT molecular complexity index is 1600. The summed E-state index contributed by atoms with van der Waals surface area (Å²) in [5.74, 6) is -0.546. The number of phosphoric acid groups is 2. The number of aromatic amines is 1. The van der Waals surface area contributed by atoms with Crippen molar-refractivity contribution in [2.45, 2.75) is 92.8 Å². The van der Waals surface area contributed by atoms with E-state index in [-0.39, 0.29) is 0 Å². The normalized spacial score (nSPS) is 38.5. The van der Waals surface area contributed by atoms with Gasteiger partial charge >= 0.3 is 21.3 Å². The minimum absolute atomic E-state index is 0.521. The molecule has 0 aromatic carbocycles. The molecule has 0 saturated carbocycles. The van der Waals surface area contributed by atoms with Crippen LogP contribution in [0, 0.1) is 0 Å². The van der Waals surface area contributed by atoms with E-state index in [9.17, 15) is 69.0 Å². The Labute approximate surface area is 297 Å². The highest BCUT2D eigenvalue weighted by molar-refractivity contribution is 7.61. The molecule has 53 heavy (non-hydrogen) atoms. The predicted octanol–water partition coefficient (Wildman–Crippen LogP) is -6.20. The van der Waals surface area contributed by atoms with Crippen LogP contribution in [0.1, 0.15) is 13.2 Å². The third-order valence-corrected chi connectivity index (χ3v) is 10.7. The molecule has 4 heterocycles. The maximum Gasteiger partial charge on any atom is 0.483 e. The predicted molar refractivity (Wildman–Crippen MR) is 164 cm³/mol. The van der Waals surface area contributed by atoms with Crippen molar-refractivity contribution in [3.05, 3.63) is 33.1 Å². The number of amides is 1. The number of H-pyrrole nitrogens is 1. The molecular formula is C25H41N3O23P2. The maximum atomic E-state index is 12.8. The summed E-state index contributed by atoms with van der Waals surface area (Å²) in [6, 6.07) is -0.232. The molecule has 3 aliphatic rings. The van der Waals surface area contributed by atoms with Gasteiger partial charge in [0.25, 0.3) is 5.56 Å². The maximum absolute atomic E-state index is 12.8. The molecule has 28 heteroatoms. The van der Waals surface area contributed by atoms with Crippen molar-refractivity contribution in [3.63, 3.8) is 0 Å². The highest BCUT2D eigenvalue weighted by Crippen LogP contribution is 2.61. The van der Waals surface area contributed by atoms with Crippen molar-refractivity contribution in [1.82, 2.24) is 14.9 Å². The molecule has 3 aliphatic heterocycles. The zero-order valence-corrected chi connectivity index (χ0v) is 29.4. The molecular weight excluding hydrogens is 772 g/mol. The fourth-order valence-electron chi connectivity index (χ4n) is 5.46. The van der Waals surface area contributed by atoms with E-state index in [0.717, 1.165) is 12.3 Å². The molecule has 3 fully saturated rings. The van der Waals surface area contributed by atoms with Crippen molar-refractivity contribution >= 4 is 21.6 Å². The summed E-state index contributed by atoms with van der Waals surface area (Å²) in [5.41, 5.74) is -1.80. The highest BCUT2D eigenvalue weighted by Gasteiger charge is 2.51. The van der Waals surface area contributed by atoms with Crippen LogP contribution in [0.15, 0.2) is 21.9 Å². The van der Waals surface area contributed by atoms with E-state index in [0.29, 0.717) is 4.57 Å². The van der Waals surface area contributed by atoms with Crippen molar-refractivity contribution in [2.24, 2.45) is 0 Å². The SMILES string of the molecule is CO[C@@H]1O[C@@H](COCOC2C(O)[C@@H](O)C(CO)O[C@@H]2OP(=O)(O)OP(=O)(O)OC[C@H]2O[C@@H](n3ccc(=O)[nH]c3=O)C(O)C2O)[C@@H](O)C(O)C1NC(C)=O. The summed E-state index contributed by atoms with van der Waals surface area (Å²) in [7, 11) is -10.2. The van der Waals surface area contributed by atoms with Gasteiger partial charge in [-0.15, -0.1) is 0 Å². The standard InChI is InChI=1S/C25H41N3O23P2/c1-9(30)26-14-18(35)16(33)11(49-23(14)43-2)6-44-8-45-21-19(36)15(32)10(5-29)48-24(21)50-53(41,42)51-52(39,40)46-7-12-17(34)20(37)22(47-12)28-4-3-13(31)27-25(28)38/h3-4,10-12,14-24,29,32-37H,5-8H2,1-2H3,(H,26,30)(H,39,40)(H,41,42)(H,27,31,38)/t10?,11-,12+,14?,15-,16+,17?,18?,19?,20?,21?,22+,23+,24+/m0/s1. The van der Waals surface area contributed by atoms with Crippen molar-refractivity contribution in [1.29, 1.82) is 0 Å². The van der Waals surface area contributed by atoms with Gasteiger partial charge in [0.2, 0.25) is 5.91 Å². The van der Waals surface area contributed by atoms with Gasteiger partial charge in [-0.25, -0.2) is 13.9 Å². The molecule has 16 atom stereocenters. The summed E-state index contributed by atoms with van der Waals surface area (Å²) in [4.78, 5) is 57.2. The number of nitrogens with zero attached hydrogens (tertiary/aromatic N) is 1. The minimum Gasteiger partial charge on any atom is -0.394 e. The lowest BCUT2D eigenvalue weighted by molar-refractivity contribution is -0.307. The van der Waals surface area contributed by atoms with E-state index in [4.69, 9.17) is 32.9 Å². The highest BCUT2D eigenvalue weighted by atomic mass is 31.3. The van der Waals surface area contributed by atoms with Crippen LogP contribution in [-0.2, 0) is 55.7 Å². The molecule has 1 amide bonds. The van der Waals surface area contributed by atoms with Gasteiger partial charge in [0, 0.05) is 26.3 Å². The topological polar surface area (TPSA) is 383 Å². The molecule has 1 aromatic heterocycles. The fraction of sp³-hybridized carbons (Fsp3) is 0.800. The van der Waals surface area contributed by atoms with Crippen LogP contribution in [0.5, 0.6) is 0 Å². The van der Waals surface area contributed by atoms with Crippen LogP contribution in [0.25, 0.3) is 0 Å². The molecule has 0 aliphatic carbocycles. The van der Waals surface area contributed by atoms with Crippen LogP contribution in [0.3, 0.4) is 0 Å². The first-order valence-electron chi connectivity index (χ1n) is 15.4. The van der Waals surface area contributed by atoms with Crippen molar-refractivity contribution in [2.75, 3.05) is 33.7 Å². The Morgan fingerprint density at radius 1 is 0.887 bits per heavy atom. The third kappa shape index (κ3) is 10.8. The molecule has 11 N–H and O–H groups in total. The second kappa shape index (κ2) is 18.2. The number of aromatic nitrogens is 2. The lowest BCUT2D eigenvalue weighted by Gasteiger charge is -2.42. The number of methoxy groups -OCH3 is 1. The Balaban J connectivity index is 1.35. The first kappa shape index (κ1) is 43.6. The van der Waals surface area contributed by atoms with Crippen LogP contribution in [-0.4, -0.2) is 174 Å². The number of aliphatic hydroxyl groups excluding tert-OH is 7. The molecule has 0 radical (unpaired) electrons. The number of ether oxygens (including phenoxy) is 6. The third-order valence-electron chi connectivity index (χ3n) is 8.06. The quantitative estimate of drug-likeness (QED) is 0.0420. The van der Waals surface area contributed by atoms with Gasteiger partial charge in [0.15, 0.2) is 18.8 Å². The zero-order valence-electron chi connectivity index (χ0n) is 27.6. The molecule has 1 aromatic rings. The van der Waals surface area contributed by atoms with Crippen LogP contribution in [0.2, 0.25) is 0 Å². The lowest BCUT2D eigenvalue weighted by atomic mass is 9.97. The van der Waals surface area contributed by atoms with Gasteiger partial charge in [-0.05, 0) is 0 Å². The molecule has 304 valence electrons. The number of hydrogen-bond donors (Lipinski definition) is 11. The molecule has 0 bridgehead atoms. The number of hydrogen-bond acceptors (Lipinski definition) is 21. The average molecular weight is 814 g/mol. The zero-order chi connectivity index (χ0) is 39.4. The Morgan fingerprint density at radius 2 is 1.51 bits per heavy atom. The van der Waals surface area contributed by atoms with Gasteiger partial charge in [0.1, 0.15) is 73.9 Å². The van der Waals surface area contributed by atoms with Gasteiger partial charge in [-0.1, -0.05) is 0 Å². The summed E-state index contributed by atoms with van der Waals surface area (Å²) in [6.07, 6.45) is -21.4. The minimum atomic E-state index is -5.78. The number of nitrogens with one attached hydrogen (secondary N) is 2. The summed E-state index contributed by atoms with van der Waals surface area (Å²) >= 11 is 0. The van der Waals surface area contributed by atoms with Crippen molar-refractivity contribution < 1.29 is 101 Å². The molecule has 9 unspecified atom stereocenters. The van der Waals surface area contributed by atoms with E-state index in [2.05, 4.69) is 14.2 Å². The van der Waals surface area contributed by atoms with Crippen LogP contribution >= 0.6 is 15.6 Å². The molecule has 0 spiro atoms. The summed E-state index contributed by atoms with van der Waals surface area (Å²) < 4.78 is 71.6. The lowest BCUT2D eigenvalue weighted by Crippen LogP contribution is -2.64. The second-order valence-electron chi connectivity index (χ2n) is 11.8. The molecule has 3 saturated heterocycles. The number of carbonyl (C=O) groups excluding carboxylic acids is 1. The van der Waals surface area contributed by atoms with E-state index < -0.39 is 145 Å². The number of aliphatic hydroxyl groups is 7. The number of phosphoric ester groups is 2. The summed E-state index contributed by atoms with van der Waals surface area (Å²) in [6.45, 7) is -2.26. The van der Waals surface area contributed by atoms with Crippen LogP contribution < -0.4 is 16.6 Å². The monoisotopic (exact) mass is 813 g/mol. The Kier molecular flexibility index (Phi) is 15.0. The molecule has 26 nitrogen and oxygen atoms in total. The Morgan fingerprint density at radius 3 is 2.13 bits per heavy atom. The van der Waals surface area contributed by atoms with Gasteiger partial charge in [-0.3, -0.25) is 28.2 Å². The van der Waals surface area contributed by atoms with E-state index in [1.165, 1.54) is 14.0 Å². The first-order chi connectivity index (χ1) is 24.8. The Hall–Kier alpha value is -2.11. The van der Waals surface area contributed by atoms with E-state index in [1.807, 2.05) is 4.98 Å². The average Bonchev–Trinajstić information content (AvgIpc) is 3.35. The van der Waals surface area contributed by atoms with Crippen molar-refractivity contribution in [3.8, 4) is 0 Å². The first-order valence-corrected chi connectivity index (χ1v) is 18.4. The largest absolute Gasteiger partial charge is 0.483 e. The van der Waals surface area contributed by atoms with E-state index in [1.54, 1.807) is 0 Å². The molecule has 4 rings (SSSR count). The number of carbonyl (C=O) groups is 1. The smallest absolute Gasteiger partial charge is 0.394 e. The van der Waals surface area contributed by atoms with Gasteiger partial charge < -0.3 is 79.3 Å².